The van der Waals surface area contributed by atoms with Crippen LogP contribution in [0.5, 0.6) is 0 Å². The fourth-order valence-electron chi connectivity index (χ4n) is 3.66. The minimum absolute atomic E-state index is 0.364. The van der Waals surface area contributed by atoms with Gasteiger partial charge >= 0.3 is 0 Å². The summed E-state index contributed by atoms with van der Waals surface area (Å²) in [5.74, 6) is 0. The molecule has 0 unspecified atom stereocenters. The molecule has 20 heavy (non-hydrogen) atoms. The normalized spacial score (nSPS) is 22.8. The van der Waals surface area contributed by atoms with Crippen molar-refractivity contribution in [1.29, 1.82) is 0 Å². The maximum absolute atomic E-state index is 11.9. The van der Waals surface area contributed by atoms with Gasteiger partial charge in [0.05, 0.1) is 0 Å². The minimum atomic E-state index is -1.38. The van der Waals surface area contributed by atoms with Crippen LogP contribution in [-0.4, -0.2) is 22.6 Å². The summed E-state index contributed by atoms with van der Waals surface area (Å²) in [5, 5.41) is 9.14. The Bertz CT molecular complexity index is 510. The number of hydrogen-bond acceptors (Lipinski definition) is 4. The summed E-state index contributed by atoms with van der Waals surface area (Å²) in [6, 6.07) is 2.00. The largest absolute Gasteiger partial charge is 0.598 e. The molecule has 2 aliphatic rings. The van der Waals surface area contributed by atoms with Gasteiger partial charge in [-0.3, -0.25) is 4.98 Å². The summed E-state index contributed by atoms with van der Waals surface area (Å²) in [5.41, 5.74) is 3.99. The lowest BCUT2D eigenvalue weighted by Gasteiger charge is -2.34. The lowest BCUT2D eigenvalue weighted by Crippen LogP contribution is -2.38. The topological polar surface area (TPSA) is 74.0 Å². The van der Waals surface area contributed by atoms with Gasteiger partial charge in [0, 0.05) is 28.8 Å². The number of nitrogens with one attached hydrogen (secondary N) is 1. The Morgan fingerprint density at radius 3 is 2.70 bits per heavy atom. The molecule has 2 heterocycles. The summed E-state index contributed by atoms with van der Waals surface area (Å²) >= 11 is -1.38. The van der Waals surface area contributed by atoms with E-state index in [-0.39, 0.29) is 0 Å². The summed E-state index contributed by atoms with van der Waals surface area (Å²) in [4.78, 5) is 4.58. The highest BCUT2D eigenvalue weighted by atomic mass is 32.2. The number of hydrogen-bond donors (Lipinski definition) is 2. The molecule has 5 heteroatoms. The van der Waals surface area contributed by atoms with Crippen LogP contribution in [0.1, 0.15) is 43.5 Å². The second kappa shape index (κ2) is 4.98. The molecule has 0 bridgehead atoms. The van der Waals surface area contributed by atoms with Gasteiger partial charge in [0.2, 0.25) is 0 Å². The van der Waals surface area contributed by atoms with Crippen molar-refractivity contribution in [3.8, 4) is 0 Å². The first-order valence-electron chi connectivity index (χ1n) is 7.29. The average molecular weight is 293 g/mol. The smallest absolute Gasteiger partial charge is 0.164 e. The molecule has 1 atom stereocenters. The van der Waals surface area contributed by atoms with E-state index in [2.05, 4.69) is 10.3 Å². The summed E-state index contributed by atoms with van der Waals surface area (Å²) in [6.07, 6.45) is 6.38. The molecular formula is C15H23N3OS. The zero-order valence-corrected chi connectivity index (χ0v) is 13.1. The van der Waals surface area contributed by atoms with Gasteiger partial charge < -0.3 is 9.87 Å². The second-order valence-electron chi connectivity index (χ2n) is 6.70. The van der Waals surface area contributed by atoms with Crippen molar-refractivity contribution >= 4 is 11.4 Å². The Morgan fingerprint density at radius 1 is 1.35 bits per heavy atom. The molecule has 1 aromatic heterocycles. The monoisotopic (exact) mass is 293 g/mol. The number of fused-ring (bicyclic) bond motifs is 1. The Kier molecular flexibility index (Phi) is 3.57. The summed E-state index contributed by atoms with van der Waals surface area (Å²) < 4.78 is 11.4. The van der Waals surface area contributed by atoms with Crippen LogP contribution in [0.2, 0.25) is 0 Å². The average Bonchev–Trinajstić information content (AvgIpc) is 2.76. The Morgan fingerprint density at radius 2 is 2.05 bits per heavy atom. The van der Waals surface area contributed by atoms with Gasteiger partial charge in [-0.2, -0.15) is 5.14 Å². The van der Waals surface area contributed by atoms with E-state index < -0.39 is 16.1 Å². The molecule has 0 saturated carbocycles. The fourth-order valence-corrected chi connectivity index (χ4v) is 4.07. The lowest BCUT2D eigenvalue weighted by atomic mass is 9.76. The van der Waals surface area contributed by atoms with Crippen molar-refractivity contribution in [2.45, 2.75) is 44.3 Å². The molecule has 1 saturated heterocycles. The summed E-state index contributed by atoms with van der Waals surface area (Å²) in [7, 11) is 0. The Balaban J connectivity index is 1.98. The van der Waals surface area contributed by atoms with Crippen LogP contribution >= 0.6 is 0 Å². The van der Waals surface area contributed by atoms with Gasteiger partial charge in [0.1, 0.15) is 0 Å². The van der Waals surface area contributed by atoms with Crippen LogP contribution in [0.3, 0.4) is 0 Å². The maximum atomic E-state index is 11.9. The highest BCUT2D eigenvalue weighted by molar-refractivity contribution is 7.90. The molecule has 1 aliphatic heterocycles. The number of pyridine rings is 1. The second-order valence-corrected chi connectivity index (χ2v) is 8.31. The van der Waals surface area contributed by atoms with E-state index in [4.69, 9.17) is 5.14 Å². The first-order chi connectivity index (χ1) is 9.45. The highest BCUT2D eigenvalue weighted by Gasteiger charge is 2.43. The van der Waals surface area contributed by atoms with Crippen molar-refractivity contribution in [2.75, 3.05) is 13.1 Å². The van der Waals surface area contributed by atoms with Crippen LogP contribution in [0, 0.1) is 5.41 Å². The molecule has 1 spiro atoms. The standard InChI is InChI=1S/C15H23N3OS/c1-14(2,20(16)19)12-3-6-18-13-10-15(9-11(12)13)4-7-17-8-5-15/h3,6,17H,4-5,7-10,16H2,1-2H3/t20-/m1/s1. The fraction of sp³-hybridized carbons (Fsp3) is 0.667. The molecule has 0 amide bonds. The van der Waals surface area contributed by atoms with Gasteiger partial charge in [-0.25, -0.2) is 0 Å². The molecule has 1 fully saturated rings. The van der Waals surface area contributed by atoms with Crippen molar-refractivity contribution in [1.82, 2.24) is 10.3 Å². The van der Waals surface area contributed by atoms with Gasteiger partial charge in [-0.15, -0.1) is 0 Å². The molecule has 110 valence electrons. The first-order valence-corrected chi connectivity index (χ1v) is 8.50. The predicted molar refractivity (Wildman–Crippen MR) is 81.5 cm³/mol. The van der Waals surface area contributed by atoms with Crippen LogP contribution in [0.4, 0.5) is 0 Å². The number of piperidine rings is 1. The van der Waals surface area contributed by atoms with Crippen molar-refractivity contribution < 1.29 is 4.55 Å². The molecule has 4 nitrogen and oxygen atoms in total. The molecule has 3 N–H and O–H groups in total. The third-order valence-corrected chi connectivity index (χ3v) is 6.28. The van der Waals surface area contributed by atoms with Crippen LogP contribution in [-0.2, 0) is 29.0 Å². The van der Waals surface area contributed by atoms with Gasteiger partial charge in [-0.1, -0.05) is 0 Å². The number of nitrogens with zero attached hydrogens (tertiary/aromatic N) is 1. The lowest BCUT2D eigenvalue weighted by molar-refractivity contribution is 0.214. The van der Waals surface area contributed by atoms with Crippen molar-refractivity contribution in [2.24, 2.45) is 10.6 Å². The van der Waals surface area contributed by atoms with E-state index in [9.17, 15) is 4.55 Å². The number of aromatic nitrogens is 1. The molecule has 1 aliphatic carbocycles. The van der Waals surface area contributed by atoms with Crippen LogP contribution in [0.15, 0.2) is 12.3 Å². The summed E-state index contributed by atoms with van der Waals surface area (Å²) in [6.45, 7) is 6.11. The highest BCUT2D eigenvalue weighted by Crippen LogP contribution is 2.46. The van der Waals surface area contributed by atoms with Crippen molar-refractivity contribution in [3.05, 3.63) is 29.1 Å². The van der Waals surface area contributed by atoms with Gasteiger partial charge in [0.15, 0.2) is 4.75 Å². The Hall–Kier alpha value is -0.620. The SMILES string of the molecule is CC(C)(c1ccnc2c1CC1(CCNCC1)C2)[S@+](N)[O-]. The molecule has 1 aromatic rings. The van der Waals surface area contributed by atoms with Gasteiger partial charge in [-0.05, 0) is 69.7 Å². The van der Waals surface area contributed by atoms with E-state index in [0.717, 1.165) is 31.5 Å². The van der Waals surface area contributed by atoms with Crippen molar-refractivity contribution in [3.63, 3.8) is 0 Å². The number of nitrogens with two attached hydrogens (primary N) is 1. The van der Waals surface area contributed by atoms with E-state index >= 15 is 0 Å². The molecule has 0 aromatic carbocycles. The predicted octanol–water partition coefficient (Wildman–Crippen LogP) is 1.41. The van der Waals surface area contributed by atoms with E-state index in [1.165, 1.54) is 24.1 Å². The maximum Gasteiger partial charge on any atom is 0.164 e. The third-order valence-electron chi connectivity index (χ3n) is 5.06. The first kappa shape index (κ1) is 14.3. The molecule has 0 radical (unpaired) electrons. The van der Waals surface area contributed by atoms with Crippen LogP contribution in [0.25, 0.3) is 0 Å². The van der Waals surface area contributed by atoms with E-state index in [1.807, 2.05) is 26.1 Å². The minimum Gasteiger partial charge on any atom is -0.598 e. The molecule has 3 rings (SSSR count). The Labute approximate surface area is 123 Å². The zero-order chi connectivity index (χ0) is 14.4. The van der Waals surface area contributed by atoms with E-state index in [1.54, 1.807) is 0 Å². The molecular weight excluding hydrogens is 270 g/mol. The van der Waals surface area contributed by atoms with Gasteiger partial charge in [0.25, 0.3) is 0 Å². The quantitative estimate of drug-likeness (QED) is 0.809. The number of rotatable bonds is 2. The zero-order valence-electron chi connectivity index (χ0n) is 12.2. The van der Waals surface area contributed by atoms with E-state index in [0.29, 0.717) is 5.41 Å². The van der Waals surface area contributed by atoms with Crippen LogP contribution < -0.4 is 10.5 Å². The third kappa shape index (κ3) is 2.26.